The van der Waals surface area contributed by atoms with E-state index in [2.05, 4.69) is 39.0 Å². The third kappa shape index (κ3) is 3.18. The van der Waals surface area contributed by atoms with Gasteiger partial charge in [-0.1, -0.05) is 36.4 Å². The van der Waals surface area contributed by atoms with E-state index in [-0.39, 0.29) is 5.91 Å². The highest BCUT2D eigenvalue weighted by Crippen LogP contribution is 2.26. The van der Waals surface area contributed by atoms with Crippen LogP contribution in [-0.2, 0) is 13.0 Å². The van der Waals surface area contributed by atoms with Crippen molar-refractivity contribution in [3.63, 3.8) is 0 Å². The topological polar surface area (TPSA) is 36.4 Å². The normalized spacial score (nSPS) is 20.1. The van der Waals surface area contributed by atoms with E-state index >= 15 is 0 Å². The molecule has 0 spiro atoms. The number of carbonyl (C=O) groups is 1. The minimum atomic E-state index is 0.140. The van der Waals surface area contributed by atoms with E-state index in [1.807, 2.05) is 30.3 Å². The summed E-state index contributed by atoms with van der Waals surface area (Å²) in [6.45, 7) is 3.75. The third-order valence-corrected chi connectivity index (χ3v) is 6.24. The van der Waals surface area contributed by atoms with Crippen molar-refractivity contribution in [1.29, 1.82) is 0 Å². The molecule has 3 aromatic rings. The van der Waals surface area contributed by atoms with Gasteiger partial charge in [-0.25, -0.2) is 0 Å². The molecule has 2 aromatic carbocycles. The molecule has 1 amide bonds. The maximum atomic E-state index is 13.3. The lowest BCUT2D eigenvalue weighted by Gasteiger charge is -2.41. The molecule has 1 fully saturated rings. The first kappa shape index (κ1) is 17.4. The standard InChI is InChI=1S/C24H25N3O/c28-24(22-9-3-11-23-21(22)10-4-13-25-23)27-14-5-8-20(17-27)26-15-12-18-6-1-2-7-19(18)16-26/h1-4,6-7,9-11,13,20H,5,8,12,14-17H2/t20-/m1/s1. The van der Waals surface area contributed by atoms with Crippen LogP contribution < -0.4 is 0 Å². The van der Waals surface area contributed by atoms with Gasteiger partial charge in [-0.2, -0.15) is 0 Å². The van der Waals surface area contributed by atoms with Gasteiger partial charge < -0.3 is 4.90 Å². The molecule has 0 unspecified atom stereocenters. The molecule has 1 atom stereocenters. The van der Waals surface area contributed by atoms with E-state index < -0.39 is 0 Å². The fraction of sp³-hybridized carbons (Fsp3) is 0.333. The quantitative estimate of drug-likeness (QED) is 0.686. The zero-order valence-electron chi connectivity index (χ0n) is 16.1. The van der Waals surface area contributed by atoms with Crippen molar-refractivity contribution in [2.24, 2.45) is 0 Å². The Hall–Kier alpha value is -2.72. The van der Waals surface area contributed by atoms with Gasteiger partial charge in [0.15, 0.2) is 0 Å². The number of pyridine rings is 1. The summed E-state index contributed by atoms with van der Waals surface area (Å²) in [6, 6.07) is 19.0. The highest BCUT2D eigenvalue weighted by Gasteiger charge is 2.30. The molecule has 0 saturated carbocycles. The predicted molar refractivity (Wildman–Crippen MR) is 111 cm³/mol. The Morgan fingerprint density at radius 2 is 1.86 bits per heavy atom. The number of aromatic nitrogens is 1. The Labute approximate surface area is 165 Å². The van der Waals surface area contributed by atoms with Crippen molar-refractivity contribution < 1.29 is 4.79 Å². The van der Waals surface area contributed by atoms with Crippen LogP contribution in [-0.4, -0.2) is 46.4 Å². The molecule has 0 N–H and O–H groups in total. The Kier molecular flexibility index (Phi) is 4.57. The van der Waals surface area contributed by atoms with Gasteiger partial charge in [-0.05, 0) is 48.6 Å². The van der Waals surface area contributed by atoms with E-state index in [1.54, 1.807) is 6.20 Å². The second-order valence-electron chi connectivity index (χ2n) is 7.91. The molecule has 142 valence electrons. The summed E-state index contributed by atoms with van der Waals surface area (Å²) in [6.07, 6.45) is 5.12. The van der Waals surface area contributed by atoms with Gasteiger partial charge in [0.2, 0.25) is 0 Å². The Morgan fingerprint density at radius 1 is 0.964 bits per heavy atom. The van der Waals surface area contributed by atoms with Crippen molar-refractivity contribution in [3.8, 4) is 0 Å². The smallest absolute Gasteiger partial charge is 0.254 e. The molecular formula is C24H25N3O. The number of benzene rings is 2. The molecule has 1 saturated heterocycles. The number of carbonyl (C=O) groups excluding carboxylic acids is 1. The van der Waals surface area contributed by atoms with Crippen LogP contribution in [0, 0.1) is 0 Å². The molecule has 2 aliphatic rings. The zero-order valence-corrected chi connectivity index (χ0v) is 16.1. The predicted octanol–water partition coefficient (Wildman–Crippen LogP) is 3.90. The molecule has 28 heavy (non-hydrogen) atoms. The SMILES string of the molecule is O=C(c1cccc2ncccc12)N1CCC[C@@H](N2CCc3ccccc3C2)C1. The zero-order chi connectivity index (χ0) is 18.9. The van der Waals surface area contributed by atoms with Crippen LogP contribution in [0.3, 0.4) is 0 Å². The van der Waals surface area contributed by atoms with Crippen LogP contribution in [0.5, 0.6) is 0 Å². The minimum Gasteiger partial charge on any atom is -0.337 e. The molecule has 4 heteroatoms. The number of piperidine rings is 1. The van der Waals surface area contributed by atoms with Crippen molar-refractivity contribution in [1.82, 2.24) is 14.8 Å². The summed E-state index contributed by atoms with van der Waals surface area (Å²) in [4.78, 5) is 22.3. The monoisotopic (exact) mass is 371 g/mol. The highest BCUT2D eigenvalue weighted by atomic mass is 16.2. The lowest BCUT2D eigenvalue weighted by atomic mass is 9.95. The largest absolute Gasteiger partial charge is 0.337 e. The fourth-order valence-corrected chi connectivity index (χ4v) is 4.73. The molecule has 5 rings (SSSR count). The molecule has 3 heterocycles. The average molecular weight is 371 g/mol. The first-order chi connectivity index (χ1) is 13.8. The van der Waals surface area contributed by atoms with Gasteiger partial charge in [0.05, 0.1) is 5.52 Å². The first-order valence-electron chi connectivity index (χ1n) is 10.2. The van der Waals surface area contributed by atoms with Gasteiger partial charge >= 0.3 is 0 Å². The Bertz CT molecular complexity index is 1010. The first-order valence-corrected chi connectivity index (χ1v) is 10.2. The van der Waals surface area contributed by atoms with Crippen LogP contribution in [0.1, 0.15) is 34.3 Å². The maximum absolute atomic E-state index is 13.3. The van der Waals surface area contributed by atoms with E-state index in [4.69, 9.17) is 0 Å². The fourth-order valence-electron chi connectivity index (χ4n) is 4.73. The number of rotatable bonds is 2. The van der Waals surface area contributed by atoms with Crippen LogP contribution in [0.25, 0.3) is 10.9 Å². The van der Waals surface area contributed by atoms with Crippen molar-refractivity contribution in [2.45, 2.75) is 31.8 Å². The van der Waals surface area contributed by atoms with Gasteiger partial charge in [0, 0.05) is 49.4 Å². The van der Waals surface area contributed by atoms with E-state index in [0.717, 1.165) is 55.5 Å². The molecule has 0 aliphatic carbocycles. The molecule has 0 bridgehead atoms. The molecule has 2 aliphatic heterocycles. The lowest BCUT2D eigenvalue weighted by molar-refractivity contribution is 0.0551. The maximum Gasteiger partial charge on any atom is 0.254 e. The summed E-state index contributed by atoms with van der Waals surface area (Å²) in [7, 11) is 0. The second-order valence-corrected chi connectivity index (χ2v) is 7.91. The molecule has 1 aromatic heterocycles. The summed E-state index contributed by atoms with van der Waals surface area (Å²) in [5, 5.41) is 0.948. The van der Waals surface area contributed by atoms with Gasteiger partial charge in [0.1, 0.15) is 0 Å². The number of hydrogen-bond donors (Lipinski definition) is 0. The summed E-state index contributed by atoms with van der Waals surface area (Å²) < 4.78 is 0. The van der Waals surface area contributed by atoms with Crippen molar-refractivity contribution >= 4 is 16.8 Å². The van der Waals surface area contributed by atoms with Crippen LogP contribution in [0.4, 0.5) is 0 Å². The molecule has 0 radical (unpaired) electrons. The highest BCUT2D eigenvalue weighted by molar-refractivity contribution is 6.06. The van der Waals surface area contributed by atoms with Gasteiger partial charge in [0.25, 0.3) is 5.91 Å². The number of fused-ring (bicyclic) bond motifs is 2. The lowest BCUT2D eigenvalue weighted by Crippen LogP contribution is -2.51. The number of likely N-dealkylation sites (tertiary alicyclic amines) is 1. The van der Waals surface area contributed by atoms with E-state index in [9.17, 15) is 4.79 Å². The Morgan fingerprint density at radius 3 is 2.79 bits per heavy atom. The summed E-state index contributed by atoms with van der Waals surface area (Å²) in [5.74, 6) is 0.140. The summed E-state index contributed by atoms with van der Waals surface area (Å²) >= 11 is 0. The van der Waals surface area contributed by atoms with Crippen molar-refractivity contribution in [3.05, 3.63) is 77.5 Å². The van der Waals surface area contributed by atoms with Gasteiger partial charge in [-0.15, -0.1) is 0 Å². The van der Waals surface area contributed by atoms with Crippen LogP contribution in [0.2, 0.25) is 0 Å². The van der Waals surface area contributed by atoms with Crippen LogP contribution in [0.15, 0.2) is 60.8 Å². The number of hydrogen-bond acceptors (Lipinski definition) is 3. The second kappa shape index (κ2) is 7.36. The van der Waals surface area contributed by atoms with E-state index in [1.165, 1.54) is 17.5 Å². The minimum absolute atomic E-state index is 0.140. The number of nitrogens with zero attached hydrogens (tertiary/aromatic N) is 3. The third-order valence-electron chi connectivity index (χ3n) is 6.24. The molecule has 4 nitrogen and oxygen atoms in total. The van der Waals surface area contributed by atoms with Crippen LogP contribution >= 0.6 is 0 Å². The van der Waals surface area contributed by atoms with E-state index in [0.29, 0.717) is 6.04 Å². The molecular weight excluding hydrogens is 346 g/mol. The van der Waals surface area contributed by atoms with Gasteiger partial charge in [-0.3, -0.25) is 14.7 Å². The average Bonchev–Trinajstić information content (AvgIpc) is 2.78. The summed E-state index contributed by atoms with van der Waals surface area (Å²) in [5.41, 5.74) is 4.58. The Balaban J connectivity index is 1.35. The van der Waals surface area contributed by atoms with Crippen molar-refractivity contribution in [2.75, 3.05) is 19.6 Å². The number of amides is 1.